The second-order valence-corrected chi connectivity index (χ2v) is 9.16. The molecule has 0 saturated carbocycles. The Bertz CT molecular complexity index is 1040. The molecule has 2 aromatic carbocycles. The van der Waals surface area contributed by atoms with Crippen molar-refractivity contribution < 1.29 is 26.5 Å². The van der Waals surface area contributed by atoms with Crippen LogP contribution in [0.1, 0.15) is 5.56 Å². The number of hydrogen-bond donors (Lipinski definition) is 0. The average molecular weight is 494 g/mol. The minimum atomic E-state index is -4.69. The van der Waals surface area contributed by atoms with Gasteiger partial charge in [-0.25, -0.2) is 8.42 Å². The molecular formula is C17H15BrF3N3O4S. The molecule has 1 aliphatic rings. The Hall–Kier alpha value is -2.18. The number of nitro benzene ring substituents is 1. The second-order valence-electron chi connectivity index (χ2n) is 6.31. The summed E-state index contributed by atoms with van der Waals surface area (Å²) in [5, 5.41) is 11.3. The van der Waals surface area contributed by atoms with Crippen molar-refractivity contribution in [2.75, 3.05) is 31.1 Å². The van der Waals surface area contributed by atoms with E-state index < -0.39 is 32.4 Å². The number of hydrogen-bond acceptors (Lipinski definition) is 5. The molecule has 29 heavy (non-hydrogen) atoms. The van der Waals surface area contributed by atoms with Crippen molar-refractivity contribution >= 4 is 37.3 Å². The van der Waals surface area contributed by atoms with E-state index in [-0.39, 0.29) is 36.8 Å². The number of benzene rings is 2. The third-order valence-electron chi connectivity index (χ3n) is 4.51. The molecule has 0 aromatic heterocycles. The van der Waals surface area contributed by atoms with Crippen LogP contribution in [0.3, 0.4) is 0 Å². The first-order chi connectivity index (χ1) is 13.5. The van der Waals surface area contributed by atoms with E-state index in [1.165, 1.54) is 21.3 Å². The Labute approximate surface area is 173 Å². The van der Waals surface area contributed by atoms with Gasteiger partial charge in [0, 0.05) is 36.7 Å². The second kappa shape index (κ2) is 7.92. The zero-order valence-corrected chi connectivity index (χ0v) is 17.2. The zero-order valence-electron chi connectivity index (χ0n) is 14.8. The third-order valence-corrected chi connectivity index (χ3v) is 6.90. The highest BCUT2D eigenvalue weighted by atomic mass is 79.9. The molecule has 1 heterocycles. The lowest BCUT2D eigenvalue weighted by Gasteiger charge is -2.35. The van der Waals surface area contributed by atoms with Crippen LogP contribution in [0.2, 0.25) is 0 Å². The zero-order chi connectivity index (χ0) is 21.4. The Morgan fingerprint density at radius 1 is 1.03 bits per heavy atom. The fourth-order valence-corrected chi connectivity index (χ4v) is 5.08. The van der Waals surface area contributed by atoms with Gasteiger partial charge in [0.05, 0.1) is 15.4 Å². The molecule has 0 spiro atoms. The summed E-state index contributed by atoms with van der Waals surface area (Å²) < 4.78 is 66.0. The van der Waals surface area contributed by atoms with Crippen molar-refractivity contribution in [2.24, 2.45) is 0 Å². The van der Waals surface area contributed by atoms with Gasteiger partial charge in [0.15, 0.2) is 0 Å². The van der Waals surface area contributed by atoms with E-state index in [4.69, 9.17) is 0 Å². The van der Waals surface area contributed by atoms with Crippen molar-refractivity contribution in [3.63, 3.8) is 0 Å². The maximum Gasteiger partial charge on any atom is 0.416 e. The molecule has 7 nitrogen and oxygen atoms in total. The molecule has 156 valence electrons. The molecule has 0 N–H and O–H groups in total. The number of nitrogens with zero attached hydrogens (tertiary/aromatic N) is 3. The van der Waals surface area contributed by atoms with Crippen LogP contribution in [0.4, 0.5) is 24.5 Å². The van der Waals surface area contributed by atoms with E-state index in [0.717, 1.165) is 12.1 Å². The van der Waals surface area contributed by atoms with E-state index >= 15 is 0 Å². The molecule has 1 aliphatic heterocycles. The number of halogens is 4. The van der Waals surface area contributed by atoms with Gasteiger partial charge in [0.2, 0.25) is 10.0 Å². The molecule has 0 aliphatic carbocycles. The van der Waals surface area contributed by atoms with Gasteiger partial charge in [0.25, 0.3) is 5.69 Å². The Morgan fingerprint density at radius 2 is 1.69 bits per heavy atom. The Morgan fingerprint density at radius 3 is 2.24 bits per heavy atom. The lowest BCUT2D eigenvalue weighted by Crippen LogP contribution is -2.48. The highest BCUT2D eigenvalue weighted by molar-refractivity contribution is 9.10. The molecule has 0 amide bonds. The SMILES string of the molecule is O=[N+]([O-])c1cc(C(F)(F)F)ccc1N1CCN(S(=O)(=O)c2cccc(Br)c2)CC1. The average Bonchev–Trinajstić information content (AvgIpc) is 2.67. The summed E-state index contributed by atoms with van der Waals surface area (Å²) in [6, 6.07) is 8.57. The molecule has 1 saturated heterocycles. The number of alkyl halides is 3. The fraction of sp³-hybridized carbons (Fsp3) is 0.294. The molecule has 0 radical (unpaired) electrons. The molecular weight excluding hydrogens is 479 g/mol. The van der Waals surface area contributed by atoms with Gasteiger partial charge >= 0.3 is 6.18 Å². The third kappa shape index (κ3) is 4.54. The van der Waals surface area contributed by atoms with Crippen molar-refractivity contribution in [1.82, 2.24) is 4.31 Å². The van der Waals surface area contributed by atoms with E-state index in [2.05, 4.69) is 15.9 Å². The van der Waals surface area contributed by atoms with Gasteiger partial charge < -0.3 is 4.90 Å². The molecule has 12 heteroatoms. The fourth-order valence-electron chi connectivity index (χ4n) is 3.06. The van der Waals surface area contributed by atoms with Gasteiger partial charge in [-0.3, -0.25) is 10.1 Å². The summed E-state index contributed by atoms with van der Waals surface area (Å²) in [6.07, 6.45) is -4.69. The van der Waals surface area contributed by atoms with Crippen LogP contribution < -0.4 is 4.90 Å². The quantitative estimate of drug-likeness (QED) is 0.476. The van der Waals surface area contributed by atoms with E-state index in [9.17, 15) is 31.7 Å². The van der Waals surface area contributed by atoms with Gasteiger partial charge in [-0.1, -0.05) is 22.0 Å². The largest absolute Gasteiger partial charge is 0.416 e. The van der Waals surface area contributed by atoms with Crippen LogP contribution in [0.25, 0.3) is 0 Å². The first-order valence-corrected chi connectivity index (χ1v) is 10.6. The van der Waals surface area contributed by atoms with E-state index in [0.29, 0.717) is 10.5 Å². The van der Waals surface area contributed by atoms with Gasteiger partial charge in [0.1, 0.15) is 5.69 Å². The monoisotopic (exact) mass is 493 g/mol. The summed E-state index contributed by atoms with van der Waals surface area (Å²) in [5.41, 5.74) is -1.74. The van der Waals surface area contributed by atoms with Crippen molar-refractivity contribution in [2.45, 2.75) is 11.1 Å². The predicted octanol–water partition coefficient (Wildman–Crippen LogP) is 3.89. The summed E-state index contributed by atoms with van der Waals surface area (Å²) in [7, 11) is -3.75. The van der Waals surface area contributed by atoms with E-state index in [1.54, 1.807) is 12.1 Å². The predicted molar refractivity (Wildman–Crippen MR) is 103 cm³/mol. The number of piperazine rings is 1. The maximum absolute atomic E-state index is 12.9. The lowest BCUT2D eigenvalue weighted by atomic mass is 10.1. The highest BCUT2D eigenvalue weighted by Crippen LogP contribution is 2.37. The molecule has 0 atom stereocenters. The number of sulfonamides is 1. The maximum atomic E-state index is 12.9. The van der Waals surface area contributed by atoms with Crippen LogP contribution in [0, 0.1) is 10.1 Å². The van der Waals surface area contributed by atoms with Crippen LogP contribution >= 0.6 is 15.9 Å². The summed E-state index contributed by atoms with van der Waals surface area (Å²) in [4.78, 5) is 12.0. The van der Waals surface area contributed by atoms with Crippen molar-refractivity contribution in [3.05, 3.63) is 62.6 Å². The smallest absolute Gasteiger partial charge is 0.363 e. The summed E-state index contributed by atoms with van der Waals surface area (Å²) in [6.45, 7) is 0.318. The molecule has 0 unspecified atom stereocenters. The van der Waals surface area contributed by atoms with Crippen LogP contribution in [-0.4, -0.2) is 43.8 Å². The summed E-state index contributed by atoms with van der Waals surface area (Å²) in [5.74, 6) is 0. The highest BCUT2D eigenvalue weighted by Gasteiger charge is 2.35. The number of anilines is 1. The summed E-state index contributed by atoms with van der Waals surface area (Å²) >= 11 is 3.22. The molecule has 0 bridgehead atoms. The standard InChI is InChI=1S/C17H15BrF3N3O4S/c18-13-2-1-3-14(11-13)29(27,28)23-8-6-22(7-9-23)15-5-4-12(17(19,20)21)10-16(15)24(25)26/h1-5,10-11H,6-9H2. The van der Waals surface area contributed by atoms with Crippen LogP contribution in [0.15, 0.2) is 51.8 Å². The minimum Gasteiger partial charge on any atom is -0.363 e. The Kier molecular flexibility index (Phi) is 5.88. The normalized spacial score (nSPS) is 16.1. The van der Waals surface area contributed by atoms with Crippen LogP contribution in [0.5, 0.6) is 0 Å². The molecule has 2 aromatic rings. The lowest BCUT2D eigenvalue weighted by molar-refractivity contribution is -0.384. The van der Waals surface area contributed by atoms with E-state index in [1.807, 2.05) is 0 Å². The Balaban J connectivity index is 1.81. The topological polar surface area (TPSA) is 83.8 Å². The number of nitro groups is 1. The number of rotatable bonds is 4. The van der Waals surface area contributed by atoms with Crippen molar-refractivity contribution in [1.29, 1.82) is 0 Å². The van der Waals surface area contributed by atoms with Crippen LogP contribution in [-0.2, 0) is 16.2 Å². The van der Waals surface area contributed by atoms with Gasteiger partial charge in [-0.05, 0) is 30.3 Å². The van der Waals surface area contributed by atoms with Gasteiger partial charge in [-0.2, -0.15) is 17.5 Å². The first kappa shape index (κ1) is 21.5. The van der Waals surface area contributed by atoms with Crippen molar-refractivity contribution in [3.8, 4) is 0 Å². The minimum absolute atomic E-state index is 0.0301. The molecule has 1 fully saturated rings. The molecule has 3 rings (SSSR count). The first-order valence-electron chi connectivity index (χ1n) is 8.36. The van der Waals surface area contributed by atoms with Gasteiger partial charge in [-0.15, -0.1) is 0 Å².